The Labute approximate surface area is 122 Å². The Balaban J connectivity index is 1.82. The van der Waals surface area contributed by atoms with E-state index in [1.807, 2.05) is 0 Å². The van der Waals surface area contributed by atoms with Gasteiger partial charge in [-0.15, -0.1) is 0 Å². The van der Waals surface area contributed by atoms with E-state index < -0.39 is 17.5 Å². The topological polar surface area (TPSA) is 117 Å². The van der Waals surface area contributed by atoms with Crippen LogP contribution in [0.25, 0.3) is 0 Å². The lowest BCUT2D eigenvalue weighted by Crippen LogP contribution is -2.58. The van der Waals surface area contributed by atoms with Crippen LogP contribution in [0.4, 0.5) is 4.79 Å². The molecule has 0 radical (unpaired) electrons. The van der Waals surface area contributed by atoms with Crippen LogP contribution in [-0.4, -0.2) is 39.3 Å². The van der Waals surface area contributed by atoms with Crippen molar-refractivity contribution in [2.75, 3.05) is 6.54 Å². The van der Waals surface area contributed by atoms with Crippen molar-refractivity contribution in [1.29, 1.82) is 0 Å². The van der Waals surface area contributed by atoms with E-state index in [9.17, 15) is 14.7 Å². The summed E-state index contributed by atoms with van der Waals surface area (Å²) >= 11 is 0. The van der Waals surface area contributed by atoms with Crippen molar-refractivity contribution < 1.29 is 19.2 Å². The normalized spacial score (nSPS) is 25.3. The van der Waals surface area contributed by atoms with Crippen LogP contribution in [-0.2, 0) is 11.2 Å². The van der Waals surface area contributed by atoms with Gasteiger partial charge in [0.1, 0.15) is 5.54 Å². The highest BCUT2D eigenvalue weighted by Crippen LogP contribution is 2.32. The highest BCUT2D eigenvalue weighted by molar-refractivity contribution is 5.86. The van der Waals surface area contributed by atoms with Gasteiger partial charge in [0.15, 0.2) is 5.82 Å². The van der Waals surface area contributed by atoms with Gasteiger partial charge in [-0.2, -0.15) is 4.98 Å². The third kappa shape index (κ3) is 3.93. The monoisotopic (exact) mass is 296 g/mol. The Morgan fingerprint density at radius 2 is 2.19 bits per heavy atom. The number of urea groups is 1. The van der Waals surface area contributed by atoms with Crippen LogP contribution in [0.3, 0.4) is 0 Å². The summed E-state index contributed by atoms with van der Waals surface area (Å²) in [6.07, 6.45) is 4.17. The minimum atomic E-state index is -1.15. The van der Waals surface area contributed by atoms with Crippen molar-refractivity contribution in [3.8, 4) is 0 Å². The second kappa shape index (κ2) is 6.55. The Kier molecular flexibility index (Phi) is 4.77. The van der Waals surface area contributed by atoms with Gasteiger partial charge < -0.3 is 20.3 Å². The largest absolute Gasteiger partial charge is 0.480 e. The third-order valence-electron chi connectivity index (χ3n) is 3.93. The lowest BCUT2D eigenvalue weighted by atomic mass is 9.77. The Hall–Kier alpha value is -2.12. The molecule has 0 atom stereocenters. The predicted molar refractivity (Wildman–Crippen MR) is 72.5 cm³/mol. The summed E-state index contributed by atoms with van der Waals surface area (Å²) in [5.74, 6) is 0.0260. The average molecular weight is 296 g/mol. The summed E-state index contributed by atoms with van der Waals surface area (Å²) in [7, 11) is 0. The minimum Gasteiger partial charge on any atom is -0.480 e. The molecule has 0 saturated heterocycles. The lowest BCUT2D eigenvalue weighted by molar-refractivity contribution is -0.146. The molecule has 0 bridgehead atoms. The number of carboxylic acids is 1. The van der Waals surface area contributed by atoms with E-state index in [-0.39, 0.29) is 0 Å². The fourth-order valence-electron chi connectivity index (χ4n) is 2.50. The van der Waals surface area contributed by atoms with Crippen LogP contribution in [0.15, 0.2) is 10.9 Å². The molecule has 0 spiro atoms. The zero-order chi connectivity index (χ0) is 15.3. The van der Waals surface area contributed by atoms with E-state index in [1.165, 1.54) is 6.39 Å². The zero-order valence-electron chi connectivity index (χ0n) is 12.0. The second-order valence-corrected chi connectivity index (χ2v) is 5.55. The number of amides is 2. The molecule has 2 rings (SSSR count). The molecule has 1 aliphatic rings. The number of nitrogens with one attached hydrogen (secondary N) is 2. The minimum absolute atomic E-state index is 0.317. The number of aromatic nitrogens is 2. The van der Waals surface area contributed by atoms with Gasteiger partial charge in [0.25, 0.3) is 0 Å². The Morgan fingerprint density at radius 1 is 1.48 bits per heavy atom. The number of hydrogen-bond acceptors (Lipinski definition) is 5. The van der Waals surface area contributed by atoms with Crippen molar-refractivity contribution in [2.45, 2.75) is 44.6 Å². The summed E-state index contributed by atoms with van der Waals surface area (Å²) in [6.45, 7) is 2.41. The molecule has 21 heavy (non-hydrogen) atoms. The van der Waals surface area contributed by atoms with Crippen molar-refractivity contribution in [2.24, 2.45) is 5.92 Å². The molecule has 1 aromatic heterocycles. The maximum Gasteiger partial charge on any atom is 0.329 e. The average Bonchev–Trinajstić information content (AvgIpc) is 2.94. The van der Waals surface area contributed by atoms with Crippen molar-refractivity contribution >= 4 is 12.0 Å². The molecule has 0 aliphatic heterocycles. The van der Waals surface area contributed by atoms with Gasteiger partial charge in [-0.05, 0) is 31.6 Å². The van der Waals surface area contributed by atoms with Crippen LogP contribution < -0.4 is 10.6 Å². The van der Waals surface area contributed by atoms with Gasteiger partial charge in [0, 0.05) is 13.0 Å². The lowest BCUT2D eigenvalue weighted by Gasteiger charge is -2.36. The third-order valence-corrected chi connectivity index (χ3v) is 3.93. The molecule has 2 amide bonds. The molecule has 1 aliphatic carbocycles. The summed E-state index contributed by atoms with van der Waals surface area (Å²) < 4.78 is 4.58. The van der Waals surface area contributed by atoms with Crippen LogP contribution in [0.5, 0.6) is 0 Å². The first kappa shape index (κ1) is 15.3. The zero-order valence-corrected chi connectivity index (χ0v) is 12.0. The van der Waals surface area contributed by atoms with E-state index in [0.717, 1.165) is 12.8 Å². The number of aliphatic carboxylic acids is 1. The summed E-state index contributed by atoms with van der Waals surface area (Å²) in [5.41, 5.74) is -1.15. The van der Waals surface area contributed by atoms with E-state index in [2.05, 4.69) is 32.2 Å². The molecular formula is C13H20N4O4. The quantitative estimate of drug-likeness (QED) is 0.744. The molecule has 1 aromatic rings. The second-order valence-electron chi connectivity index (χ2n) is 5.55. The Morgan fingerprint density at radius 3 is 2.76 bits per heavy atom. The number of carboxylic acid groups (broad SMARTS) is 1. The van der Waals surface area contributed by atoms with Crippen molar-refractivity contribution in [3.05, 3.63) is 12.2 Å². The molecule has 1 heterocycles. The first-order valence-corrected chi connectivity index (χ1v) is 7.06. The van der Waals surface area contributed by atoms with Gasteiger partial charge in [-0.1, -0.05) is 12.1 Å². The van der Waals surface area contributed by atoms with Gasteiger partial charge in [-0.3, -0.25) is 0 Å². The van der Waals surface area contributed by atoms with Crippen molar-refractivity contribution in [3.63, 3.8) is 0 Å². The van der Waals surface area contributed by atoms with Gasteiger partial charge in [0.2, 0.25) is 6.39 Å². The van der Waals surface area contributed by atoms with Gasteiger partial charge in [0.05, 0.1) is 0 Å². The molecule has 8 heteroatoms. The molecule has 0 unspecified atom stereocenters. The maximum absolute atomic E-state index is 11.9. The predicted octanol–water partition coefficient (Wildman–Crippen LogP) is 0.945. The summed E-state index contributed by atoms with van der Waals surface area (Å²) in [4.78, 5) is 27.2. The van der Waals surface area contributed by atoms with E-state index in [4.69, 9.17) is 0 Å². The molecule has 1 saturated carbocycles. The number of rotatable bonds is 5. The molecule has 116 valence electrons. The smallest absolute Gasteiger partial charge is 0.329 e. The molecule has 1 fully saturated rings. The SMILES string of the molecule is CC1CCC(NC(=O)NCCc2ncon2)(C(=O)O)CC1. The van der Waals surface area contributed by atoms with E-state index in [1.54, 1.807) is 0 Å². The van der Waals surface area contributed by atoms with E-state index in [0.29, 0.717) is 37.5 Å². The first-order chi connectivity index (χ1) is 10.0. The number of carbonyl (C=O) groups excluding carboxylic acids is 1. The molecule has 8 nitrogen and oxygen atoms in total. The van der Waals surface area contributed by atoms with Gasteiger partial charge in [-0.25, -0.2) is 9.59 Å². The number of carbonyl (C=O) groups is 2. The fourth-order valence-corrected chi connectivity index (χ4v) is 2.50. The highest BCUT2D eigenvalue weighted by Gasteiger charge is 2.42. The van der Waals surface area contributed by atoms with Crippen LogP contribution in [0.1, 0.15) is 38.4 Å². The summed E-state index contributed by atoms with van der Waals surface area (Å²) in [5, 5.41) is 18.3. The standard InChI is InChI=1S/C13H20N4O4/c1-9-2-5-13(6-3-9,11(18)19)16-12(20)14-7-4-10-15-8-21-17-10/h8-9H,2-7H2,1H3,(H,18,19)(H2,14,16,20). The number of nitrogens with zero attached hydrogens (tertiary/aromatic N) is 2. The molecule has 3 N–H and O–H groups in total. The highest BCUT2D eigenvalue weighted by atomic mass is 16.5. The summed E-state index contributed by atoms with van der Waals surface area (Å²) in [6, 6.07) is -0.476. The molecule has 0 aromatic carbocycles. The van der Waals surface area contributed by atoms with E-state index >= 15 is 0 Å². The fraction of sp³-hybridized carbons (Fsp3) is 0.692. The van der Waals surface area contributed by atoms with Crippen LogP contribution in [0.2, 0.25) is 0 Å². The van der Waals surface area contributed by atoms with Crippen molar-refractivity contribution in [1.82, 2.24) is 20.8 Å². The van der Waals surface area contributed by atoms with Crippen LogP contribution >= 0.6 is 0 Å². The van der Waals surface area contributed by atoms with Gasteiger partial charge >= 0.3 is 12.0 Å². The maximum atomic E-state index is 11.9. The molecular weight excluding hydrogens is 276 g/mol. The first-order valence-electron chi connectivity index (χ1n) is 7.06. The number of hydrogen-bond donors (Lipinski definition) is 3. The Bertz CT molecular complexity index is 480. The van der Waals surface area contributed by atoms with Crippen LogP contribution in [0, 0.1) is 5.92 Å².